The average Bonchev–Trinajstić information content (AvgIpc) is 2.87. The molecule has 4 rings (SSSR count). The standard InChI is InChI=1S/C15H13ClN4O2/c1-15(14(21)22)9-4-2-3-8-5-6-20(11(8)9)13-10(19-15)12(16)17-7-18-13/h2-4,7,19H,5-6H2,1H3,(H,21,22). The first kappa shape index (κ1) is 13.3. The topological polar surface area (TPSA) is 78.3 Å². The van der Waals surface area contributed by atoms with Crippen molar-refractivity contribution < 1.29 is 9.90 Å². The molecule has 1 atom stereocenters. The number of fused-ring (bicyclic) bond motifs is 2. The molecule has 112 valence electrons. The second kappa shape index (κ2) is 4.33. The van der Waals surface area contributed by atoms with E-state index in [-0.39, 0.29) is 5.15 Å². The third-order valence-corrected chi connectivity index (χ3v) is 4.66. The van der Waals surface area contributed by atoms with E-state index in [4.69, 9.17) is 11.6 Å². The third-order valence-electron chi connectivity index (χ3n) is 4.37. The van der Waals surface area contributed by atoms with Crippen molar-refractivity contribution in [3.05, 3.63) is 40.8 Å². The van der Waals surface area contributed by atoms with Crippen LogP contribution in [0.15, 0.2) is 24.5 Å². The number of rotatable bonds is 1. The van der Waals surface area contributed by atoms with Crippen LogP contribution in [-0.2, 0) is 16.8 Å². The Balaban J connectivity index is 2.09. The minimum absolute atomic E-state index is 0.221. The summed E-state index contributed by atoms with van der Waals surface area (Å²) in [4.78, 5) is 22.3. The molecule has 0 bridgehead atoms. The molecule has 22 heavy (non-hydrogen) atoms. The Morgan fingerprint density at radius 3 is 3.05 bits per heavy atom. The van der Waals surface area contributed by atoms with Crippen molar-refractivity contribution in [1.82, 2.24) is 9.97 Å². The van der Waals surface area contributed by atoms with Crippen molar-refractivity contribution in [2.24, 2.45) is 0 Å². The molecule has 2 N–H and O–H groups in total. The average molecular weight is 317 g/mol. The Kier molecular flexibility index (Phi) is 2.62. The number of benzene rings is 1. The van der Waals surface area contributed by atoms with Gasteiger partial charge in [0.15, 0.2) is 16.5 Å². The number of aliphatic carboxylic acids is 1. The second-order valence-electron chi connectivity index (χ2n) is 5.63. The van der Waals surface area contributed by atoms with Crippen LogP contribution in [0.5, 0.6) is 0 Å². The molecule has 2 aromatic rings. The highest BCUT2D eigenvalue weighted by Gasteiger charge is 2.44. The molecule has 2 aliphatic rings. The lowest BCUT2D eigenvalue weighted by atomic mass is 9.89. The van der Waals surface area contributed by atoms with Gasteiger partial charge in [-0.3, -0.25) is 0 Å². The van der Waals surface area contributed by atoms with Gasteiger partial charge in [0.25, 0.3) is 0 Å². The van der Waals surface area contributed by atoms with Crippen molar-refractivity contribution in [2.45, 2.75) is 18.9 Å². The van der Waals surface area contributed by atoms with E-state index in [9.17, 15) is 9.90 Å². The summed E-state index contributed by atoms with van der Waals surface area (Å²) in [5, 5.41) is 13.1. The molecule has 6 nitrogen and oxygen atoms in total. The van der Waals surface area contributed by atoms with Crippen LogP contribution in [0.3, 0.4) is 0 Å². The van der Waals surface area contributed by atoms with Gasteiger partial charge in [-0.15, -0.1) is 0 Å². The van der Waals surface area contributed by atoms with Crippen molar-refractivity contribution in [2.75, 3.05) is 16.8 Å². The monoisotopic (exact) mass is 316 g/mol. The lowest BCUT2D eigenvalue weighted by Crippen LogP contribution is -2.40. The van der Waals surface area contributed by atoms with Gasteiger partial charge in [0.2, 0.25) is 0 Å². The van der Waals surface area contributed by atoms with Gasteiger partial charge in [0.05, 0.1) is 5.69 Å². The van der Waals surface area contributed by atoms with E-state index >= 15 is 0 Å². The molecule has 0 spiro atoms. The van der Waals surface area contributed by atoms with Gasteiger partial charge in [-0.05, 0) is 18.9 Å². The maximum atomic E-state index is 12.0. The van der Waals surface area contributed by atoms with Crippen LogP contribution in [0.1, 0.15) is 18.1 Å². The molecule has 7 heteroatoms. The number of anilines is 3. The molecule has 0 saturated heterocycles. The number of carbonyl (C=O) groups is 1. The molecule has 0 amide bonds. The minimum atomic E-state index is -1.30. The fourth-order valence-electron chi connectivity index (χ4n) is 3.22. The summed E-state index contributed by atoms with van der Waals surface area (Å²) in [6.07, 6.45) is 2.24. The van der Waals surface area contributed by atoms with E-state index in [0.29, 0.717) is 17.1 Å². The zero-order valence-electron chi connectivity index (χ0n) is 11.8. The summed E-state index contributed by atoms with van der Waals surface area (Å²) in [6, 6.07) is 5.75. The minimum Gasteiger partial charge on any atom is -0.479 e. The summed E-state index contributed by atoms with van der Waals surface area (Å²) >= 11 is 6.20. The Labute approximate surface area is 131 Å². The first-order chi connectivity index (χ1) is 10.5. The smallest absolute Gasteiger partial charge is 0.333 e. The zero-order chi connectivity index (χ0) is 15.5. The van der Waals surface area contributed by atoms with E-state index in [1.165, 1.54) is 6.33 Å². The van der Waals surface area contributed by atoms with Gasteiger partial charge in [-0.1, -0.05) is 29.8 Å². The third kappa shape index (κ3) is 1.58. The lowest BCUT2D eigenvalue weighted by Gasteiger charge is -2.27. The summed E-state index contributed by atoms with van der Waals surface area (Å²) in [7, 11) is 0. The van der Waals surface area contributed by atoms with Crippen LogP contribution in [0, 0.1) is 0 Å². The highest BCUT2D eigenvalue weighted by Crippen LogP contribution is 2.48. The molecular formula is C15H13ClN4O2. The van der Waals surface area contributed by atoms with E-state index in [1.54, 1.807) is 6.92 Å². The number of carboxylic acids is 1. The normalized spacial score (nSPS) is 21.6. The quantitative estimate of drug-likeness (QED) is 0.787. The molecule has 0 fully saturated rings. The summed E-state index contributed by atoms with van der Waals surface area (Å²) < 4.78 is 0. The van der Waals surface area contributed by atoms with E-state index < -0.39 is 11.5 Å². The molecular weight excluding hydrogens is 304 g/mol. The number of nitrogens with zero attached hydrogens (tertiary/aromatic N) is 3. The fraction of sp³-hybridized carbons (Fsp3) is 0.267. The van der Waals surface area contributed by atoms with Gasteiger partial charge in [-0.25, -0.2) is 14.8 Å². The Morgan fingerprint density at radius 2 is 2.27 bits per heavy atom. The predicted octanol–water partition coefficient (Wildman–Crippen LogP) is 2.55. The van der Waals surface area contributed by atoms with E-state index in [2.05, 4.69) is 15.3 Å². The molecule has 3 heterocycles. The van der Waals surface area contributed by atoms with E-state index in [0.717, 1.165) is 24.2 Å². The lowest BCUT2D eigenvalue weighted by molar-refractivity contribution is -0.142. The summed E-state index contributed by atoms with van der Waals surface area (Å²) in [6.45, 7) is 2.38. The van der Waals surface area contributed by atoms with Crippen LogP contribution < -0.4 is 10.2 Å². The van der Waals surface area contributed by atoms with Gasteiger partial charge in [-0.2, -0.15) is 0 Å². The highest BCUT2D eigenvalue weighted by atomic mass is 35.5. The van der Waals surface area contributed by atoms with Gasteiger partial charge in [0, 0.05) is 12.1 Å². The largest absolute Gasteiger partial charge is 0.479 e. The molecule has 0 saturated carbocycles. The Hall–Kier alpha value is -2.34. The Morgan fingerprint density at radius 1 is 1.45 bits per heavy atom. The van der Waals surface area contributed by atoms with Crippen molar-refractivity contribution in [3.63, 3.8) is 0 Å². The first-order valence-electron chi connectivity index (χ1n) is 6.94. The molecule has 2 aliphatic heterocycles. The molecule has 1 aromatic carbocycles. The maximum absolute atomic E-state index is 12.0. The van der Waals surface area contributed by atoms with Crippen LogP contribution in [0.25, 0.3) is 0 Å². The van der Waals surface area contributed by atoms with Crippen LogP contribution >= 0.6 is 11.6 Å². The summed E-state index contributed by atoms with van der Waals surface area (Å²) in [5.74, 6) is -0.350. The number of para-hydroxylation sites is 1. The number of hydrogen-bond donors (Lipinski definition) is 2. The van der Waals surface area contributed by atoms with Crippen molar-refractivity contribution >= 4 is 34.8 Å². The number of nitrogens with one attached hydrogen (secondary N) is 1. The van der Waals surface area contributed by atoms with Crippen LogP contribution in [0.2, 0.25) is 5.15 Å². The van der Waals surface area contributed by atoms with Crippen LogP contribution in [0.4, 0.5) is 17.2 Å². The molecule has 0 aliphatic carbocycles. The van der Waals surface area contributed by atoms with Gasteiger partial charge < -0.3 is 15.3 Å². The number of halogens is 1. The van der Waals surface area contributed by atoms with E-state index in [1.807, 2.05) is 23.1 Å². The molecule has 1 unspecified atom stereocenters. The maximum Gasteiger partial charge on any atom is 0.333 e. The predicted molar refractivity (Wildman–Crippen MR) is 82.8 cm³/mol. The Bertz CT molecular complexity index is 810. The fourth-order valence-corrected chi connectivity index (χ4v) is 3.40. The highest BCUT2D eigenvalue weighted by molar-refractivity contribution is 6.32. The van der Waals surface area contributed by atoms with Gasteiger partial charge >= 0.3 is 5.97 Å². The van der Waals surface area contributed by atoms with Crippen molar-refractivity contribution in [1.29, 1.82) is 0 Å². The SMILES string of the molecule is CC1(C(=O)O)Nc2c(Cl)ncnc2N2CCc3cccc1c32. The number of hydrogen-bond acceptors (Lipinski definition) is 5. The first-order valence-corrected chi connectivity index (χ1v) is 7.32. The van der Waals surface area contributed by atoms with Crippen LogP contribution in [-0.4, -0.2) is 27.6 Å². The molecule has 0 radical (unpaired) electrons. The number of aromatic nitrogens is 2. The molecule has 1 aromatic heterocycles. The summed E-state index contributed by atoms with van der Waals surface area (Å²) in [5.41, 5.74) is 1.90. The number of carboxylic acid groups (broad SMARTS) is 1. The second-order valence-corrected chi connectivity index (χ2v) is 5.99. The van der Waals surface area contributed by atoms with Gasteiger partial charge in [0.1, 0.15) is 12.0 Å². The van der Waals surface area contributed by atoms with Crippen molar-refractivity contribution in [3.8, 4) is 0 Å². The zero-order valence-corrected chi connectivity index (χ0v) is 12.6.